The van der Waals surface area contributed by atoms with Gasteiger partial charge >= 0.3 is 11.9 Å². The van der Waals surface area contributed by atoms with Crippen LogP contribution in [0, 0.1) is 0 Å². The minimum Gasteiger partial charge on any atom is -0.480 e. The Balaban J connectivity index is 2.09. The first-order chi connectivity index (χ1) is 11.8. The summed E-state index contributed by atoms with van der Waals surface area (Å²) >= 11 is 4.64. The van der Waals surface area contributed by atoms with Crippen LogP contribution in [0.2, 0.25) is 0 Å². The van der Waals surface area contributed by atoms with Gasteiger partial charge in [-0.2, -0.15) is 0 Å². The summed E-state index contributed by atoms with van der Waals surface area (Å²) in [4.78, 5) is 28.0. The van der Waals surface area contributed by atoms with Crippen LogP contribution < -0.4 is 0 Å². The summed E-state index contributed by atoms with van der Waals surface area (Å²) in [6.07, 6.45) is 2.90. The van der Waals surface area contributed by atoms with E-state index in [0.29, 0.717) is 16.3 Å². The van der Waals surface area contributed by atoms with E-state index in [0.717, 1.165) is 10.0 Å². The highest BCUT2D eigenvalue weighted by Crippen LogP contribution is 2.43. The average Bonchev–Trinajstić information content (AvgIpc) is 3.05. The molecule has 1 aliphatic rings. The van der Waals surface area contributed by atoms with Gasteiger partial charge in [0.15, 0.2) is 0 Å². The first-order valence-corrected chi connectivity index (χ1v) is 9.08. The summed E-state index contributed by atoms with van der Waals surface area (Å²) in [5.41, 5.74) is 0.717. The molecule has 1 unspecified atom stereocenters. The van der Waals surface area contributed by atoms with Crippen molar-refractivity contribution in [1.82, 2.24) is 4.98 Å². The first-order valence-electron chi connectivity index (χ1n) is 7.41. The third-order valence-corrected chi connectivity index (χ3v) is 5.79. The zero-order valence-corrected chi connectivity index (χ0v) is 15.6. The standard InChI is InChI=1S/C18H14BrNO4S/c1-10-5-6-12(15(21)22)8-18(10,17(23)24)16-20-14(9-25-16)11-3-2-4-13(19)7-11/h2-7,9H,8H2,1H3,(H,21,22)(H,23,24). The Morgan fingerprint density at radius 2 is 2.04 bits per heavy atom. The summed E-state index contributed by atoms with van der Waals surface area (Å²) < 4.78 is 0.900. The highest BCUT2D eigenvalue weighted by Gasteiger charge is 2.47. The third kappa shape index (κ3) is 3.05. The van der Waals surface area contributed by atoms with Crippen molar-refractivity contribution >= 4 is 39.2 Å². The third-order valence-electron chi connectivity index (χ3n) is 4.29. The van der Waals surface area contributed by atoms with Crippen LogP contribution in [0.1, 0.15) is 18.4 Å². The number of hydrogen-bond donors (Lipinski definition) is 2. The minimum atomic E-state index is -1.45. The van der Waals surface area contributed by atoms with E-state index in [-0.39, 0.29) is 12.0 Å². The van der Waals surface area contributed by atoms with Gasteiger partial charge in [-0.25, -0.2) is 9.78 Å². The molecule has 2 N–H and O–H groups in total. The predicted molar refractivity (Wildman–Crippen MR) is 98.7 cm³/mol. The monoisotopic (exact) mass is 419 g/mol. The minimum absolute atomic E-state index is 0.0622. The molecule has 1 atom stereocenters. The molecule has 0 saturated heterocycles. The highest BCUT2D eigenvalue weighted by molar-refractivity contribution is 9.10. The Morgan fingerprint density at radius 3 is 2.68 bits per heavy atom. The highest BCUT2D eigenvalue weighted by atomic mass is 79.9. The van der Waals surface area contributed by atoms with E-state index in [9.17, 15) is 19.8 Å². The molecule has 1 aromatic heterocycles. The molecule has 1 aliphatic carbocycles. The number of carboxylic acids is 2. The maximum absolute atomic E-state index is 12.2. The number of thiazole rings is 1. The summed E-state index contributed by atoms with van der Waals surface area (Å²) in [6, 6.07) is 7.57. The lowest BCUT2D eigenvalue weighted by atomic mass is 9.73. The maximum Gasteiger partial charge on any atom is 0.331 e. The summed E-state index contributed by atoms with van der Waals surface area (Å²) in [5, 5.41) is 21.4. The van der Waals surface area contributed by atoms with Crippen LogP contribution >= 0.6 is 27.3 Å². The number of aromatic nitrogens is 1. The van der Waals surface area contributed by atoms with Crippen LogP contribution in [0.5, 0.6) is 0 Å². The predicted octanol–water partition coefficient (Wildman–Crippen LogP) is 4.26. The fourth-order valence-corrected chi connectivity index (χ4v) is 4.31. The second-order valence-electron chi connectivity index (χ2n) is 5.78. The molecule has 0 fully saturated rings. The van der Waals surface area contributed by atoms with Gasteiger partial charge in [0, 0.05) is 27.4 Å². The number of hydrogen-bond acceptors (Lipinski definition) is 4. The van der Waals surface area contributed by atoms with E-state index in [1.807, 2.05) is 24.3 Å². The number of carboxylic acid groups (broad SMARTS) is 2. The smallest absolute Gasteiger partial charge is 0.331 e. The van der Waals surface area contributed by atoms with Gasteiger partial charge < -0.3 is 10.2 Å². The van der Waals surface area contributed by atoms with Crippen molar-refractivity contribution in [2.75, 3.05) is 0 Å². The quantitative estimate of drug-likeness (QED) is 0.772. The Bertz CT molecular complexity index is 931. The van der Waals surface area contributed by atoms with E-state index in [2.05, 4.69) is 20.9 Å². The van der Waals surface area contributed by atoms with E-state index < -0.39 is 17.4 Å². The molecule has 0 saturated carbocycles. The lowest BCUT2D eigenvalue weighted by Crippen LogP contribution is -2.39. The first kappa shape index (κ1) is 17.6. The molecule has 0 aliphatic heterocycles. The van der Waals surface area contributed by atoms with Crippen LogP contribution in [0.4, 0.5) is 0 Å². The largest absolute Gasteiger partial charge is 0.480 e. The van der Waals surface area contributed by atoms with Gasteiger partial charge in [0.1, 0.15) is 10.4 Å². The SMILES string of the molecule is CC1=CC=C(C(=O)O)CC1(C(=O)O)c1nc(-c2cccc(Br)c2)cs1. The van der Waals surface area contributed by atoms with Crippen molar-refractivity contribution in [2.24, 2.45) is 0 Å². The zero-order chi connectivity index (χ0) is 18.2. The number of aliphatic carboxylic acids is 2. The molecule has 0 bridgehead atoms. The fourth-order valence-electron chi connectivity index (χ4n) is 2.83. The number of nitrogens with zero attached hydrogens (tertiary/aromatic N) is 1. The molecule has 5 nitrogen and oxygen atoms in total. The van der Waals surface area contributed by atoms with Crippen molar-refractivity contribution in [3.05, 3.63) is 62.4 Å². The van der Waals surface area contributed by atoms with Gasteiger partial charge in [0.05, 0.1) is 5.69 Å². The molecule has 1 aromatic carbocycles. The topological polar surface area (TPSA) is 87.5 Å². The molecule has 128 valence electrons. The van der Waals surface area contributed by atoms with Crippen molar-refractivity contribution in [2.45, 2.75) is 18.8 Å². The molecule has 2 aromatic rings. The lowest BCUT2D eigenvalue weighted by molar-refractivity contribution is -0.142. The van der Waals surface area contributed by atoms with Crippen molar-refractivity contribution < 1.29 is 19.8 Å². The lowest BCUT2D eigenvalue weighted by Gasteiger charge is -2.31. The van der Waals surface area contributed by atoms with Crippen LogP contribution in [-0.4, -0.2) is 27.1 Å². The molecule has 0 amide bonds. The zero-order valence-electron chi connectivity index (χ0n) is 13.2. The molecule has 7 heteroatoms. The Morgan fingerprint density at radius 1 is 1.28 bits per heavy atom. The van der Waals surface area contributed by atoms with Gasteiger partial charge in [-0.3, -0.25) is 4.79 Å². The normalized spacial score (nSPS) is 19.9. The van der Waals surface area contributed by atoms with Gasteiger partial charge in [-0.15, -0.1) is 11.3 Å². The second kappa shape index (κ2) is 6.57. The van der Waals surface area contributed by atoms with Gasteiger partial charge in [-0.05, 0) is 24.6 Å². The molecule has 3 rings (SSSR count). The summed E-state index contributed by atoms with van der Waals surface area (Å²) in [7, 11) is 0. The summed E-state index contributed by atoms with van der Waals surface area (Å²) in [5.74, 6) is -2.21. The average molecular weight is 420 g/mol. The Hall–Kier alpha value is -2.25. The van der Waals surface area contributed by atoms with E-state index in [1.165, 1.54) is 17.4 Å². The number of carbonyl (C=O) groups is 2. The van der Waals surface area contributed by atoms with Crippen molar-refractivity contribution in [3.63, 3.8) is 0 Å². The van der Waals surface area contributed by atoms with Crippen LogP contribution in [0.25, 0.3) is 11.3 Å². The van der Waals surface area contributed by atoms with E-state index in [1.54, 1.807) is 18.4 Å². The molecular formula is C18H14BrNO4S. The van der Waals surface area contributed by atoms with E-state index >= 15 is 0 Å². The Labute approximate surface area is 156 Å². The number of benzene rings is 1. The van der Waals surface area contributed by atoms with Gasteiger partial charge in [0.25, 0.3) is 0 Å². The number of rotatable bonds is 4. The Kier molecular flexibility index (Phi) is 4.62. The van der Waals surface area contributed by atoms with Gasteiger partial charge in [-0.1, -0.05) is 40.2 Å². The molecule has 25 heavy (non-hydrogen) atoms. The number of allylic oxidation sites excluding steroid dienone is 2. The molecule has 0 radical (unpaired) electrons. The van der Waals surface area contributed by atoms with Crippen LogP contribution in [0.15, 0.2) is 57.4 Å². The molecule has 0 spiro atoms. The number of halogens is 1. The van der Waals surface area contributed by atoms with Crippen LogP contribution in [0.3, 0.4) is 0 Å². The maximum atomic E-state index is 12.2. The van der Waals surface area contributed by atoms with Crippen LogP contribution in [-0.2, 0) is 15.0 Å². The van der Waals surface area contributed by atoms with E-state index in [4.69, 9.17) is 0 Å². The van der Waals surface area contributed by atoms with Crippen molar-refractivity contribution in [1.29, 1.82) is 0 Å². The second-order valence-corrected chi connectivity index (χ2v) is 7.56. The van der Waals surface area contributed by atoms with Gasteiger partial charge in [0.2, 0.25) is 0 Å². The fraction of sp³-hybridized carbons (Fsp3) is 0.167. The van der Waals surface area contributed by atoms with Crippen molar-refractivity contribution in [3.8, 4) is 11.3 Å². The molecular weight excluding hydrogens is 406 g/mol. The molecule has 1 heterocycles. The summed E-state index contributed by atoms with van der Waals surface area (Å²) in [6.45, 7) is 1.70.